The molecule has 94 valence electrons. The number of nitrogens with zero attached hydrogens (tertiary/aromatic N) is 3. The SMILES string of the molecule is Cc1noc(C)c1C1(N)Nc2c(N)ncnc2S1. The highest BCUT2D eigenvalue weighted by Crippen LogP contribution is 2.49. The van der Waals surface area contributed by atoms with Gasteiger partial charge in [-0.3, -0.25) is 5.73 Å². The van der Waals surface area contributed by atoms with Gasteiger partial charge in [0.25, 0.3) is 0 Å². The number of rotatable bonds is 1. The Morgan fingerprint density at radius 3 is 2.78 bits per heavy atom. The second-order valence-corrected chi connectivity index (χ2v) is 5.34. The Kier molecular flexibility index (Phi) is 2.26. The second kappa shape index (κ2) is 3.59. The lowest BCUT2D eigenvalue weighted by Crippen LogP contribution is -2.39. The van der Waals surface area contributed by atoms with E-state index in [-0.39, 0.29) is 0 Å². The number of hydrogen-bond acceptors (Lipinski definition) is 8. The molecule has 0 fully saturated rings. The molecule has 0 bridgehead atoms. The van der Waals surface area contributed by atoms with Crippen LogP contribution in [-0.2, 0) is 4.99 Å². The minimum absolute atomic E-state index is 0.381. The maximum atomic E-state index is 6.37. The van der Waals surface area contributed by atoms with Crippen molar-refractivity contribution in [2.45, 2.75) is 23.9 Å². The molecule has 18 heavy (non-hydrogen) atoms. The van der Waals surface area contributed by atoms with Crippen LogP contribution in [0.4, 0.5) is 11.5 Å². The normalized spacial score (nSPS) is 21.7. The van der Waals surface area contributed by atoms with E-state index in [9.17, 15) is 0 Å². The van der Waals surface area contributed by atoms with E-state index in [0.29, 0.717) is 17.3 Å². The van der Waals surface area contributed by atoms with Crippen LogP contribution in [-0.4, -0.2) is 15.1 Å². The predicted molar refractivity (Wildman–Crippen MR) is 67.8 cm³/mol. The van der Waals surface area contributed by atoms with Crippen LogP contribution in [0.5, 0.6) is 0 Å². The zero-order chi connectivity index (χ0) is 12.9. The first kappa shape index (κ1) is 11.3. The molecule has 0 saturated carbocycles. The molecule has 0 radical (unpaired) electrons. The molecule has 1 atom stereocenters. The largest absolute Gasteiger partial charge is 0.382 e. The number of nitrogens with one attached hydrogen (secondary N) is 1. The van der Waals surface area contributed by atoms with E-state index < -0.39 is 4.99 Å². The van der Waals surface area contributed by atoms with Crippen LogP contribution >= 0.6 is 11.8 Å². The van der Waals surface area contributed by atoms with Gasteiger partial charge in [0.05, 0.1) is 11.3 Å². The average molecular weight is 264 g/mol. The van der Waals surface area contributed by atoms with Crippen molar-refractivity contribution in [1.82, 2.24) is 15.1 Å². The fourth-order valence-corrected chi connectivity index (χ4v) is 3.28. The molecule has 1 aliphatic rings. The first-order valence-electron chi connectivity index (χ1n) is 5.31. The fraction of sp³-hybridized carbons (Fsp3) is 0.300. The molecule has 0 amide bonds. The van der Waals surface area contributed by atoms with Crippen molar-refractivity contribution >= 4 is 23.3 Å². The molecule has 0 spiro atoms. The van der Waals surface area contributed by atoms with E-state index in [1.807, 2.05) is 13.8 Å². The van der Waals surface area contributed by atoms with Crippen molar-refractivity contribution < 1.29 is 4.52 Å². The van der Waals surface area contributed by atoms with Crippen LogP contribution in [0.3, 0.4) is 0 Å². The topological polar surface area (TPSA) is 116 Å². The average Bonchev–Trinajstić information content (AvgIpc) is 2.81. The third-order valence-corrected chi connectivity index (χ3v) is 3.95. The van der Waals surface area contributed by atoms with E-state index in [1.165, 1.54) is 18.1 Å². The van der Waals surface area contributed by atoms with E-state index >= 15 is 0 Å². The molecule has 3 heterocycles. The summed E-state index contributed by atoms with van der Waals surface area (Å²) in [4.78, 5) is 7.23. The quantitative estimate of drug-likeness (QED) is 0.652. The van der Waals surface area contributed by atoms with Gasteiger partial charge in [0.15, 0.2) is 10.8 Å². The number of hydrogen-bond donors (Lipinski definition) is 3. The molecule has 2 aromatic heterocycles. The van der Waals surface area contributed by atoms with Crippen LogP contribution < -0.4 is 16.8 Å². The standard InChI is InChI=1S/C10H12N6OS/c1-4-6(5(2)17-16-4)10(12)15-7-8(11)13-3-14-9(7)18-10/h3,15H,12H2,1-2H3,(H2,11,13,14). The zero-order valence-corrected chi connectivity index (χ0v) is 10.7. The Morgan fingerprint density at radius 1 is 1.39 bits per heavy atom. The van der Waals surface area contributed by atoms with Crippen molar-refractivity contribution in [2.24, 2.45) is 5.73 Å². The molecule has 0 saturated heterocycles. The van der Waals surface area contributed by atoms with E-state index in [4.69, 9.17) is 16.0 Å². The maximum absolute atomic E-state index is 6.37. The number of nitrogens with two attached hydrogens (primary N) is 2. The summed E-state index contributed by atoms with van der Waals surface area (Å²) in [6.45, 7) is 3.67. The smallest absolute Gasteiger partial charge is 0.172 e. The number of aromatic nitrogens is 3. The Bertz CT molecular complexity index is 607. The van der Waals surface area contributed by atoms with Gasteiger partial charge in [-0.15, -0.1) is 0 Å². The molecular weight excluding hydrogens is 252 g/mol. The molecule has 8 heteroatoms. The van der Waals surface area contributed by atoms with Gasteiger partial charge in [-0.1, -0.05) is 16.9 Å². The maximum Gasteiger partial charge on any atom is 0.172 e. The monoisotopic (exact) mass is 264 g/mol. The molecule has 7 nitrogen and oxygen atoms in total. The van der Waals surface area contributed by atoms with Crippen molar-refractivity contribution in [2.75, 3.05) is 11.1 Å². The summed E-state index contributed by atoms with van der Waals surface area (Å²) in [5.74, 6) is 1.06. The van der Waals surface area contributed by atoms with Crippen molar-refractivity contribution in [3.8, 4) is 0 Å². The van der Waals surface area contributed by atoms with E-state index in [0.717, 1.165) is 16.3 Å². The molecule has 0 aliphatic carbocycles. The van der Waals surface area contributed by atoms with Crippen molar-refractivity contribution in [3.63, 3.8) is 0 Å². The Balaban J connectivity index is 2.09. The lowest BCUT2D eigenvalue weighted by molar-refractivity contribution is 0.391. The van der Waals surface area contributed by atoms with Gasteiger partial charge >= 0.3 is 0 Å². The van der Waals surface area contributed by atoms with Crippen LogP contribution in [0.15, 0.2) is 15.9 Å². The molecule has 3 rings (SSSR count). The third-order valence-electron chi connectivity index (χ3n) is 2.81. The minimum Gasteiger partial charge on any atom is -0.382 e. The Morgan fingerprint density at radius 2 is 2.17 bits per heavy atom. The number of thioether (sulfide) groups is 1. The molecule has 0 aromatic carbocycles. The molecule has 2 aromatic rings. The molecule has 1 unspecified atom stereocenters. The van der Waals surface area contributed by atoms with Gasteiger partial charge < -0.3 is 15.6 Å². The fourth-order valence-electron chi connectivity index (χ4n) is 2.07. The number of aryl methyl sites for hydroxylation is 2. The van der Waals surface area contributed by atoms with Gasteiger partial charge in [0, 0.05) is 0 Å². The van der Waals surface area contributed by atoms with Gasteiger partial charge in [0.2, 0.25) is 0 Å². The summed E-state index contributed by atoms with van der Waals surface area (Å²) < 4.78 is 5.15. The zero-order valence-electron chi connectivity index (χ0n) is 9.89. The Labute approximate surface area is 107 Å². The molecular formula is C10H12N6OS. The van der Waals surface area contributed by atoms with Gasteiger partial charge in [-0.25, -0.2) is 9.97 Å². The van der Waals surface area contributed by atoms with Crippen LogP contribution in [0.2, 0.25) is 0 Å². The molecule has 5 N–H and O–H groups in total. The first-order valence-corrected chi connectivity index (χ1v) is 6.13. The molecule has 1 aliphatic heterocycles. The first-order chi connectivity index (χ1) is 8.51. The summed E-state index contributed by atoms with van der Waals surface area (Å²) in [6.07, 6.45) is 1.42. The lowest BCUT2D eigenvalue weighted by atomic mass is 10.1. The number of fused-ring (bicyclic) bond motifs is 1. The summed E-state index contributed by atoms with van der Waals surface area (Å²) in [6, 6.07) is 0. The summed E-state index contributed by atoms with van der Waals surface area (Å²) >= 11 is 1.37. The van der Waals surface area contributed by atoms with Gasteiger partial charge in [0.1, 0.15) is 22.8 Å². The van der Waals surface area contributed by atoms with E-state index in [1.54, 1.807) is 0 Å². The highest BCUT2D eigenvalue weighted by atomic mass is 32.2. The lowest BCUT2D eigenvalue weighted by Gasteiger charge is -2.23. The van der Waals surface area contributed by atoms with Crippen molar-refractivity contribution in [3.05, 3.63) is 23.3 Å². The summed E-state index contributed by atoms with van der Waals surface area (Å²) in [5.41, 5.74) is 14.4. The summed E-state index contributed by atoms with van der Waals surface area (Å²) in [7, 11) is 0. The second-order valence-electron chi connectivity index (χ2n) is 4.10. The van der Waals surface area contributed by atoms with Crippen molar-refractivity contribution in [1.29, 1.82) is 0 Å². The highest BCUT2D eigenvalue weighted by molar-refractivity contribution is 8.00. The highest BCUT2D eigenvalue weighted by Gasteiger charge is 2.42. The minimum atomic E-state index is -0.874. The van der Waals surface area contributed by atoms with Crippen LogP contribution in [0, 0.1) is 13.8 Å². The van der Waals surface area contributed by atoms with E-state index in [2.05, 4.69) is 20.4 Å². The number of nitrogen functional groups attached to an aromatic ring is 1. The Hall–Kier alpha value is -1.80. The predicted octanol–water partition coefficient (Wildman–Crippen LogP) is 0.950. The van der Waals surface area contributed by atoms with Crippen LogP contribution in [0.1, 0.15) is 17.0 Å². The number of anilines is 2. The third kappa shape index (κ3) is 1.46. The van der Waals surface area contributed by atoms with Crippen LogP contribution in [0.25, 0.3) is 0 Å². The summed E-state index contributed by atoms with van der Waals surface area (Å²) in [5, 5.41) is 7.80. The van der Waals surface area contributed by atoms with Gasteiger partial charge in [-0.05, 0) is 13.8 Å². The van der Waals surface area contributed by atoms with Gasteiger partial charge in [-0.2, -0.15) is 0 Å².